The van der Waals surface area contributed by atoms with E-state index in [-0.39, 0.29) is 29.8 Å². The van der Waals surface area contributed by atoms with E-state index in [4.69, 9.17) is 10.5 Å². The Hall–Kier alpha value is -1.62. The van der Waals surface area contributed by atoms with Crippen molar-refractivity contribution in [1.82, 2.24) is 4.90 Å². The number of hydrogen-bond acceptors (Lipinski definition) is 3. The third-order valence-electron chi connectivity index (χ3n) is 3.90. The number of carbonyl (C=O) groups is 1. The molecule has 1 heterocycles. The van der Waals surface area contributed by atoms with Crippen LogP contribution < -0.4 is 5.73 Å². The van der Waals surface area contributed by atoms with Crippen molar-refractivity contribution in [3.05, 3.63) is 35.6 Å². The summed E-state index contributed by atoms with van der Waals surface area (Å²) in [6.07, 6.45) is -0.340. The third-order valence-corrected chi connectivity index (χ3v) is 3.90. The lowest BCUT2D eigenvalue weighted by Gasteiger charge is -2.41. The maximum atomic E-state index is 13.4. The lowest BCUT2D eigenvalue weighted by molar-refractivity contribution is 0.0130. The smallest absolute Gasteiger partial charge is 0.410 e. The molecule has 2 rings (SSSR count). The zero-order valence-electron chi connectivity index (χ0n) is 13.7. The van der Waals surface area contributed by atoms with Crippen molar-refractivity contribution >= 4 is 6.09 Å². The summed E-state index contributed by atoms with van der Waals surface area (Å²) in [6.45, 7) is 8.53. The Kier molecular flexibility index (Phi) is 4.75. The summed E-state index contributed by atoms with van der Waals surface area (Å²) in [5.74, 6) is -0.0843. The molecule has 1 aliphatic heterocycles. The van der Waals surface area contributed by atoms with Crippen LogP contribution in [0.4, 0.5) is 9.18 Å². The Bertz CT molecular complexity index is 530. The molecule has 1 saturated heterocycles. The van der Waals surface area contributed by atoms with Gasteiger partial charge in [-0.15, -0.1) is 0 Å². The van der Waals surface area contributed by atoms with Crippen molar-refractivity contribution < 1.29 is 13.9 Å². The normalized spacial score (nSPS) is 25.9. The average molecular weight is 308 g/mol. The predicted molar refractivity (Wildman–Crippen MR) is 84.1 cm³/mol. The first kappa shape index (κ1) is 16.7. The fourth-order valence-corrected chi connectivity index (χ4v) is 3.09. The molecule has 122 valence electrons. The second-order valence-electron chi connectivity index (χ2n) is 7.11. The molecule has 22 heavy (non-hydrogen) atoms. The van der Waals surface area contributed by atoms with Gasteiger partial charge in [-0.25, -0.2) is 9.18 Å². The lowest BCUT2D eigenvalue weighted by Crippen LogP contribution is -2.54. The number of ether oxygens (including phenoxy) is 1. The minimum Gasteiger partial charge on any atom is -0.444 e. The molecule has 1 fully saturated rings. The van der Waals surface area contributed by atoms with Crippen molar-refractivity contribution in [1.29, 1.82) is 0 Å². The molecule has 0 saturated carbocycles. The molecule has 1 aromatic rings. The number of likely N-dealkylation sites (tertiary alicyclic amines) is 1. The summed E-state index contributed by atoms with van der Waals surface area (Å²) in [7, 11) is 0. The number of piperidine rings is 1. The number of rotatable bonds is 1. The Labute approximate surface area is 131 Å². The summed E-state index contributed by atoms with van der Waals surface area (Å²) >= 11 is 0. The zero-order chi connectivity index (χ0) is 16.5. The molecule has 3 atom stereocenters. The molecule has 1 aromatic carbocycles. The van der Waals surface area contributed by atoms with Gasteiger partial charge in [-0.05, 0) is 44.4 Å². The van der Waals surface area contributed by atoms with Gasteiger partial charge < -0.3 is 15.4 Å². The van der Waals surface area contributed by atoms with Gasteiger partial charge in [0.1, 0.15) is 11.4 Å². The summed E-state index contributed by atoms with van der Waals surface area (Å²) in [5.41, 5.74) is 6.64. The second kappa shape index (κ2) is 6.24. The molecule has 1 amide bonds. The van der Waals surface area contributed by atoms with Crippen molar-refractivity contribution in [2.45, 2.75) is 45.3 Å². The van der Waals surface area contributed by atoms with Crippen molar-refractivity contribution in [2.75, 3.05) is 13.1 Å². The predicted octanol–water partition coefficient (Wildman–Crippen LogP) is 3.12. The maximum Gasteiger partial charge on any atom is 0.410 e. The van der Waals surface area contributed by atoms with Gasteiger partial charge in [0.25, 0.3) is 0 Å². The van der Waals surface area contributed by atoms with Crippen LogP contribution in [0.25, 0.3) is 0 Å². The van der Waals surface area contributed by atoms with Crippen LogP contribution in [0.15, 0.2) is 24.3 Å². The van der Waals surface area contributed by atoms with E-state index in [2.05, 4.69) is 0 Å². The number of amides is 1. The second-order valence-corrected chi connectivity index (χ2v) is 7.11. The number of nitrogens with two attached hydrogens (primary N) is 1. The molecule has 2 N–H and O–H groups in total. The van der Waals surface area contributed by atoms with Gasteiger partial charge in [0.05, 0.1) is 0 Å². The fourth-order valence-electron chi connectivity index (χ4n) is 3.09. The van der Waals surface area contributed by atoms with Crippen LogP contribution >= 0.6 is 0 Å². The Balaban J connectivity index is 2.11. The SMILES string of the molecule is C[C@H]1CN(C(=O)OC(C)(C)C)C[C@@H](N)[C@@H]1c1cccc(F)c1. The van der Waals surface area contributed by atoms with Gasteiger partial charge in [-0.3, -0.25) is 0 Å². The minimum atomic E-state index is -0.524. The molecule has 0 spiro atoms. The molecular weight excluding hydrogens is 283 g/mol. The summed E-state index contributed by atoms with van der Waals surface area (Å²) in [6, 6.07) is 6.31. The molecule has 0 unspecified atom stereocenters. The minimum absolute atomic E-state index is 0.0365. The van der Waals surface area contributed by atoms with Gasteiger partial charge in [0, 0.05) is 25.0 Å². The van der Waals surface area contributed by atoms with Crippen LogP contribution in [-0.2, 0) is 4.74 Å². The molecule has 0 radical (unpaired) electrons. The first-order valence-corrected chi connectivity index (χ1v) is 7.66. The van der Waals surface area contributed by atoms with Crippen LogP contribution in [0.1, 0.15) is 39.2 Å². The van der Waals surface area contributed by atoms with Crippen LogP contribution in [-0.4, -0.2) is 35.7 Å². The largest absolute Gasteiger partial charge is 0.444 e. The van der Waals surface area contributed by atoms with E-state index in [0.29, 0.717) is 13.1 Å². The summed E-state index contributed by atoms with van der Waals surface area (Å²) < 4.78 is 18.8. The number of carbonyl (C=O) groups excluding carboxylic acids is 1. The third kappa shape index (κ3) is 3.97. The maximum absolute atomic E-state index is 13.4. The standard InChI is InChI=1S/C17H25FN2O2/c1-11-9-20(16(21)22-17(2,3)4)10-14(19)15(11)12-6-5-7-13(18)8-12/h5-8,11,14-15H,9-10,19H2,1-4H3/t11-,14+,15-/m0/s1. The Morgan fingerprint density at radius 3 is 2.59 bits per heavy atom. The molecule has 0 bridgehead atoms. The average Bonchev–Trinajstić information content (AvgIpc) is 2.35. The highest BCUT2D eigenvalue weighted by Crippen LogP contribution is 2.33. The van der Waals surface area contributed by atoms with E-state index in [0.717, 1.165) is 5.56 Å². The number of halogens is 1. The van der Waals surface area contributed by atoms with E-state index < -0.39 is 5.60 Å². The van der Waals surface area contributed by atoms with Crippen molar-refractivity contribution in [3.63, 3.8) is 0 Å². The number of nitrogens with zero attached hydrogens (tertiary/aromatic N) is 1. The van der Waals surface area contributed by atoms with Crippen LogP contribution in [0.5, 0.6) is 0 Å². The van der Waals surface area contributed by atoms with E-state index in [9.17, 15) is 9.18 Å². The van der Waals surface area contributed by atoms with Crippen LogP contribution in [0.3, 0.4) is 0 Å². The van der Waals surface area contributed by atoms with E-state index in [1.807, 2.05) is 33.8 Å². The first-order chi connectivity index (χ1) is 10.2. The topological polar surface area (TPSA) is 55.6 Å². The number of hydrogen-bond donors (Lipinski definition) is 1. The molecule has 1 aliphatic rings. The Morgan fingerprint density at radius 1 is 1.36 bits per heavy atom. The first-order valence-electron chi connectivity index (χ1n) is 7.66. The lowest BCUT2D eigenvalue weighted by atomic mass is 9.78. The molecule has 0 aliphatic carbocycles. The summed E-state index contributed by atoms with van der Waals surface area (Å²) in [5, 5.41) is 0. The molecular formula is C17H25FN2O2. The van der Waals surface area contributed by atoms with Crippen LogP contribution in [0.2, 0.25) is 0 Å². The highest BCUT2D eigenvalue weighted by atomic mass is 19.1. The van der Waals surface area contributed by atoms with Gasteiger partial charge in [-0.1, -0.05) is 19.1 Å². The van der Waals surface area contributed by atoms with Crippen molar-refractivity contribution in [3.8, 4) is 0 Å². The molecule has 4 nitrogen and oxygen atoms in total. The monoisotopic (exact) mass is 308 g/mol. The van der Waals surface area contributed by atoms with E-state index in [1.165, 1.54) is 12.1 Å². The molecule has 5 heteroatoms. The van der Waals surface area contributed by atoms with Crippen LogP contribution in [0, 0.1) is 11.7 Å². The number of benzene rings is 1. The highest BCUT2D eigenvalue weighted by Gasteiger charge is 2.36. The quantitative estimate of drug-likeness (QED) is 0.867. The summed E-state index contributed by atoms with van der Waals surface area (Å²) in [4.78, 5) is 13.8. The Morgan fingerprint density at radius 2 is 2.05 bits per heavy atom. The van der Waals surface area contributed by atoms with Crippen molar-refractivity contribution in [2.24, 2.45) is 11.7 Å². The van der Waals surface area contributed by atoms with Gasteiger partial charge in [0.2, 0.25) is 0 Å². The molecule has 0 aromatic heterocycles. The van der Waals surface area contributed by atoms with E-state index in [1.54, 1.807) is 11.0 Å². The van der Waals surface area contributed by atoms with E-state index >= 15 is 0 Å². The van der Waals surface area contributed by atoms with Gasteiger partial charge in [0.15, 0.2) is 0 Å². The highest BCUT2D eigenvalue weighted by molar-refractivity contribution is 5.68. The van der Waals surface area contributed by atoms with Gasteiger partial charge >= 0.3 is 6.09 Å². The van der Waals surface area contributed by atoms with Gasteiger partial charge in [-0.2, -0.15) is 0 Å². The fraction of sp³-hybridized carbons (Fsp3) is 0.588. The zero-order valence-corrected chi connectivity index (χ0v) is 13.7.